The average molecular weight is 178 g/mol. The quantitative estimate of drug-likeness (QED) is 0.674. The Labute approximate surface area is 78.3 Å². The normalized spacial score (nSPS) is 31.6. The zero-order valence-corrected chi connectivity index (χ0v) is 7.73. The van der Waals surface area contributed by atoms with Gasteiger partial charge in [-0.3, -0.25) is 4.79 Å². The molecule has 0 amide bonds. The first kappa shape index (κ1) is 9.78. The van der Waals surface area contributed by atoms with Crippen LogP contribution >= 0.6 is 0 Å². The Morgan fingerprint density at radius 2 is 2.38 bits per heavy atom. The molecule has 0 bridgehead atoms. The van der Waals surface area contributed by atoms with Gasteiger partial charge in [0.05, 0.1) is 5.92 Å². The topological polar surface area (TPSA) is 37.3 Å². The van der Waals surface area contributed by atoms with E-state index in [1.807, 2.05) is 19.1 Å². The van der Waals surface area contributed by atoms with E-state index in [2.05, 4.69) is 6.58 Å². The van der Waals surface area contributed by atoms with Crippen LogP contribution in [0.2, 0.25) is 0 Å². The lowest BCUT2D eigenvalue weighted by molar-refractivity contribution is -0.142. The predicted molar refractivity (Wildman–Crippen MR) is 52.3 cm³/mol. The summed E-state index contributed by atoms with van der Waals surface area (Å²) in [6.45, 7) is 5.68. The molecule has 1 aliphatic rings. The smallest absolute Gasteiger partial charge is 0.311 e. The highest BCUT2D eigenvalue weighted by Gasteiger charge is 2.36. The van der Waals surface area contributed by atoms with Crippen LogP contribution in [-0.2, 0) is 4.79 Å². The van der Waals surface area contributed by atoms with Crippen LogP contribution in [0.3, 0.4) is 0 Å². The van der Waals surface area contributed by atoms with Crippen molar-refractivity contribution in [1.29, 1.82) is 0 Å². The van der Waals surface area contributed by atoms with Gasteiger partial charge in [0.2, 0.25) is 0 Å². The minimum atomic E-state index is -0.789. The van der Waals surface area contributed by atoms with Gasteiger partial charge in [-0.2, -0.15) is 0 Å². The lowest BCUT2D eigenvalue weighted by Gasteiger charge is -2.32. The Morgan fingerprint density at radius 1 is 1.69 bits per heavy atom. The van der Waals surface area contributed by atoms with Crippen molar-refractivity contribution < 1.29 is 9.90 Å². The van der Waals surface area contributed by atoms with Crippen LogP contribution in [0.5, 0.6) is 0 Å². The third-order valence-electron chi connectivity index (χ3n) is 2.66. The van der Waals surface area contributed by atoms with E-state index in [9.17, 15) is 4.79 Å². The van der Waals surface area contributed by atoms with Crippen molar-refractivity contribution >= 4 is 5.97 Å². The third-order valence-corrected chi connectivity index (χ3v) is 2.66. The number of allylic oxidation sites excluding steroid dienone is 4. The number of carbonyl (C=O) groups is 1. The van der Waals surface area contributed by atoms with Gasteiger partial charge in [0.1, 0.15) is 0 Å². The molecule has 2 atom stereocenters. The monoisotopic (exact) mass is 178 g/mol. The fourth-order valence-electron chi connectivity index (χ4n) is 1.68. The van der Waals surface area contributed by atoms with E-state index >= 15 is 0 Å². The first-order valence-corrected chi connectivity index (χ1v) is 4.38. The Kier molecular flexibility index (Phi) is 2.71. The van der Waals surface area contributed by atoms with Crippen LogP contribution in [0, 0.1) is 11.3 Å². The maximum atomic E-state index is 11.0. The minimum Gasteiger partial charge on any atom is -0.481 e. The summed E-state index contributed by atoms with van der Waals surface area (Å²) < 4.78 is 0. The molecule has 0 aromatic heterocycles. The molecule has 0 heterocycles. The molecule has 0 fully saturated rings. The first-order chi connectivity index (χ1) is 6.16. The molecule has 1 aliphatic carbocycles. The first-order valence-electron chi connectivity index (χ1n) is 4.38. The average Bonchev–Trinajstić information content (AvgIpc) is 2.17. The van der Waals surface area contributed by atoms with Gasteiger partial charge in [0.15, 0.2) is 0 Å². The number of hydrogen-bond acceptors (Lipinski definition) is 1. The SMILES string of the molecule is C=CC1(CC)C=CC=CC1C(=O)O. The second kappa shape index (κ2) is 3.60. The summed E-state index contributed by atoms with van der Waals surface area (Å²) in [5.74, 6) is -1.26. The molecule has 2 heteroatoms. The van der Waals surface area contributed by atoms with Crippen molar-refractivity contribution in [2.75, 3.05) is 0 Å². The van der Waals surface area contributed by atoms with Crippen molar-refractivity contribution in [2.24, 2.45) is 11.3 Å². The fourth-order valence-corrected chi connectivity index (χ4v) is 1.68. The lowest BCUT2D eigenvalue weighted by Crippen LogP contribution is -2.32. The molecular formula is C11H14O2. The molecule has 2 nitrogen and oxygen atoms in total. The third kappa shape index (κ3) is 1.57. The van der Waals surface area contributed by atoms with E-state index in [0.29, 0.717) is 0 Å². The van der Waals surface area contributed by atoms with Gasteiger partial charge in [0, 0.05) is 5.41 Å². The Hall–Kier alpha value is -1.31. The molecule has 0 aliphatic heterocycles. The highest BCUT2D eigenvalue weighted by molar-refractivity contribution is 5.75. The number of rotatable bonds is 3. The van der Waals surface area contributed by atoms with Gasteiger partial charge in [-0.25, -0.2) is 0 Å². The Bertz CT molecular complexity index is 276. The van der Waals surface area contributed by atoms with Gasteiger partial charge in [-0.05, 0) is 6.42 Å². The highest BCUT2D eigenvalue weighted by Crippen LogP contribution is 2.38. The van der Waals surface area contributed by atoms with E-state index in [-0.39, 0.29) is 0 Å². The molecule has 1 rings (SSSR count). The van der Waals surface area contributed by atoms with Crippen molar-refractivity contribution in [3.63, 3.8) is 0 Å². The number of aliphatic carboxylic acids is 1. The molecule has 13 heavy (non-hydrogen) atoms. The highest BCUT2D eigenvalue weighted by atomic mass is 16.4. The predicted octanol–water partition coefficient (Wildman–Crippen LogP) is 2.40. The molecule has 2 unspecified atom stereocenters. The van der Waals surface area contributed by atoms with Crippen LogP contribution in [0.25, 0.3) is 0 Å². The summed E-state index contributed by atoms with van der Waals surface area (Å²) in [5, 5.41) is 9.00. The number of carboxylic acid groups (broad SMARTS) is 1. The minimum absolute atomic E-state index is 0.402. The summed E-state index contributed by atoms with van der Waals surface area (Å²) in [7, 11) is 0. The lowest BCUT2D eigenvalue weighted by atomic mass is 9.71. The van der Waals surface area contributed by atoms with Gasteiger partial charge in [0.25, 0.3) is 0 Å². The van der Waals surface area contributed by atoms with Crippen LogP contribution in [-0.4, -0.2) is 11.1 Å². The largest absolute Gasteiger partial charge is 0.481 e. The van der Waals surface area contributed by atoms with E-state index in [1.54, 1.807) is 18.2 Å². The molecule has 0 aromatic carbocycles. The zero-order chi connectivity index (χ0) is 9.90. The summed E-state index contributed by atoms with van der Waals surface area (Å²) >= 11 is 0. The molecule has 0 radical (unpaired) electrons. The molecule has 0 spiro atoms. The van der Waals surface area contributed by atoms with Crippen LogP contribution < -0.4 is 0 Å². The van der Waals surface area contributed by atoms with E-state index < -0.39 is 17.3 Å². The second-order valence-electron chi connectivity index (χ2n) is 3.23. The maximum absolute atomic E-state index is 11.0. The molecular weight excluding hydrogens is 164 g/mol. The molecule has 0 aromatic rings. The summed E-state index contributed by atoms with van der Waals surface area (Å²) in [5.41, 5.74) is -0.402. The van der Waals surface area contributed by atoms with Gasteiger partial charge >= 0.3 is 5.97 Å². The van der Waals surface area contributed by atoms with E-state index in [4.69, 9.17) is 5.11 Å². The number of carboxylic acids is 1. The second-order valence-corrected chi connectivity index (χ2v) is 3.23. The maximum Gasteiger partial charge on any atom is 0.311 e. The van der Waals surface area contributed by atoms with Gasteiger partial charge < -0.3 is 5.11 Å². The molecule has 0 saturated heterocycles. The standard InChI is InChI=1S/C11H14O2/c1-3-11(4-2)8-6-5-7-9(11)10(12)13/h3,5-9H,1,4H2,2H3,(H,12,13). The van der Waals surface area contributed by atoms with Gasteiger partial charge in [-0.1, -0.05) is 37.3 Å². The van der Waals surface area contributed by atoms with Crippen LogP contribution in [0.15, 0.2) is 37.0 Å². The van der Waals surface area contributed by atoms with Crippen LogP contribution in [0.4, 0.5) is 0 Å². The van der Waals surface area contributed by atoms with E-state index in [1.165, 1.54) is 0 Å². The Morgan fingerprint density at radius 3 is 2.77 bits per heavy atom. The van der Waals surface area contributed by atoms with Crippen LogP contribution in [0.1, 0.15) is 13.3 Å². The van der Waals surface area contributed by atoms with Crippen molar-refractivity contribution in [3.05, 3.63) is 37.0 Å². The molecule has 0 saturated carbocycles. The fraction of sp³-hybridized carbons (Fsp3) is 0.364. The summed E-state index contributed by atoms with van der Waals surface area (Å²) in [6, 6.07) is 0. The Balaban J connectivity index is 3.05. The van der Waals surface area contributed by atoms with Crippen molar-refractivity contribution in [2.45, 2.75) is 13.3 Å². The number of hydrogen-bond donors (Lipinski definition) is 1. The molecule has 1 N–H and O–H groups in total. The van der Waals surface area contributed by atoms with Crippen molar-refractivity contribution in [3.8, 4) is 0 Å². The summed E-state index contributed by atoms with van der Waals surface area (Å²) in [4.78, 5) is 11.0. The van der Waals surface area contributed by atoms with Gasteiger partial charge in [-0.15, -0.1) is 6.58 Å². The zero-order valence-electron chi connectivity index (χ0n) is 7.73. The van der Waals surface area contributed by atoms with E-state index in [0.717, 1.165) is 6.42 Å². The molecule has 70 valence electrons. The van der Waals surface area contributed by atoms with Crippen molar-refractivity contribution in [1.82, 2.24) is 0 Å². The summed E-state index contributed by atoms with van der Waals surface area (Å²) in [6.07, 6.45) is 9.77.